The lowest BCUT2D eigenvalue weighted by Crippen LogP contribution is -2.23. The number of benzene rings is 2. The first-order valence-corrected chi connectivity index (χ1v) is 7.88. The van der Waals surface area contributed by atoms with Gasteiger partial charge in [0, 0.05) is 19.0 Å². The molecule has 0 radical (unpaired) electrons. The predicted octanol–water partition coefficient (Wildman–Crippen LogP) is 3.08. The number of H-pyrrole nitrogens is 1. The third-order valence-corrected chi connectivity index (χ3v) is 3.67. The average molecular weight is 339 g/mol. The van der Waals surface area contributed by atoms with Crippen molar-refractivity contribution in [2.24, 2.45) is 0 Å². The molecule has 0 spiro atoms. The summed E-state index contributed by atoms with van der Waals surface area (Å²) in [4.78, 5) is 19.3. The number of aromatic nitrogens is 2. The molecule has 2 N–H and O–H groups in total. The molecule has 128 valence electrons. The first-order valence-electron chi connectivity index (χ1n) is 7.88. The second-order valence-electron chi connectivity index (χ2n) is 5.50. The summed E-state index contributed by atoms with van der Waals surface area (Å²) in [5.41, 5.74) is 2.24. The van der Waals surface area contributed by atoms with E-state index in [9.17, 15) is 9.18 Å². The van der Waals surface area contributed by atoms with Crippen LogP contribution in [0.3, 0.4) is 0 Å². The molecule has 0 aliphatic heterocycles. The van der Waals surface area contributed by atoms with E-state index in [1.54, 1.807) is 19.3 Å². The number of aromatic amines is 1. The molecular formula is C19H18FN3O2. The summed E-state index contributed by atoms with van der Waals surface area (Å²) in [5, 5.41) is 2.79. The SMILES string of the molecule is COc1cccc(/C=C/C(=O)NCCc2nc3ccc(F)cc3[nH]2)c1. The molecule has 0 atom stereocenters. The molecular weight excluding hydrogens is 321 g/mol. The van der Waals surface area contributed by atoms with Gasteiger partial charge in [-0.25, -0.2) is 9.37 Å². The van der Waals surface area contributed by atoms with Crippen molar-refractivity contribution in [1.82, 2.24) is 15.3 Å². The van der Waals surface area contributed by atoms with Gasteiger partial charge < -0.3 is 15.0 Å². The Hall–Kier alpha value is -3.15. The maximum atomic E-state index is 13.2. The average Bonchev–Trinajstić information content (AvgIpc) is 3.02. The zero-order chi connectivity index (χ0) is 17.6. The zero-order valence-corrected chi connectivity index (χ0v) is 13.8. The molecule has 6 heteroatoms. The molecule has 2 aromatic carbocycles. The number of amides is 1. The lowest BCUT2D eigenvalue weighted by molar-refractivity contribution is -0.116. The van der Waals surface area contributed by atoms with Crippen molar-refractivity contribution in [2.75, 3.05) is 13.7 Å². The number of hydrogen-bond acceptors (Lipinski definition) is 3. The molecule has 3 rings (SSSR count). The van der Waals surface area contributed by atoms with Crippen molar-refractivity contribution in [3.63, 3.8) is 0 Å². The summed E-state index contributed by atoms with van der Waals surface area (Å²) in [5.74, 6) is 0.949. The van der Waals surface area contributed by atoms with Gasteiger partial charge in [-0.3, -0.25) is 4.79 Å². The standard InChI is InChI=1S/C19H18FN3O2/c1-25-15-4-2-3-13(11-15)5-8-19(24)21-10-9-18-22-16-7-6-14(20)12-17(16)23-18/h2-8,11-12H,9-10H2,1H3,(H,21,24)(H,22,23)/b8-5+. The molecule has 1 amide bonds. The van der Waals surface area contributed by atoms with Gasteiger partial charge in [0.25, 0.3) is 0 Å². The first-order chi connectivity index (χ1) is 12.1. The molecule has 0 saturated heterocycles. The molecule has 0 aliphatic rings. The Kier molecular flexibility index (Phi) is 5.09. The lowest BCUT2D eigenvalue weighted by Gasteiger charge is -2.01. The largest absolute Gasteiger partial charge is 0.497 e. The normalized spacial score (nSPS) is 11.1. The van der Waals surface area contributed by atoms with E-state index in [1.807, 2.05) is 24.3 Å². The van der Waals surface area contributed by atoms with Crippen molar-refractivity contribution < 1.29 is 13.9 Å². The van der Waals surface area contributed by atoms with Crippen LogP contribution in [0.15, 0.2) is 48.5 Å². The fourth-order valence-corrected chi connectivity index (χ4v) is 2.43. The van der Waals surface area contributed by atoms with Gasteiger partial charge in [0.05, 0.1) is 18.1 Å². The fourth-order valence-electron chi connectivity index (χ4n) is 2.43. The van der Waals surface area contributed by atoms with Crippen LogP contribution in [-0.2, 0) is 11.2 Å². The van der Waals surface area contributed by atoms with E-state index in [0.717, 1.165) is 11.3 Å². The number of imidazole rings is 1. The number of methoxy groups -OCH3 is 1. The molecule has 25 heavy (non-hydrogen) atoms. The van der Waals surface area contributed by atoms with E-state index in [2.05, 4.69) is 15.3 Å². The molecule has 0 unspecified atom stereocenters. The fraction of sp³-hybridized carbons (Fsp3) is 0.158. The monoisotopic (exact) mass is 339 g/mol. The van der Waals surface area contributed by atoms with Gasteiger partial charge in [-0.15, -0.1) is 0 Å². The second-order valence-corrected chi connectivity index (χ2v) is 5.50. The van der Waals surface area contributed by atoms with Crippen LogP contribution < -0.4 is 10.1 Å². The van der Waals surface area contributed by atoms with E-state index in [0.29, 0.717) is 29.8 Å². The molecule has 1 aromatic heterocycles. The van der Waals surface area contributed by atoms with Crippen LogP contribution in [0.25, 0.3) is 17.1 Å². The minimum atomic E-state index is -0.307. The van der Waals surface area contributed by atoms with E-state index >= 15 is 0 Å². The highest BCUT2D eigenvalue weighted by molar-refractivity contribution is 5.91. The van der Waals surface area contributed by atoms with Crippen molar-refractivity contribution >= 4 is 23.0 Å². The summed E-state index contributed by atoms with van der Waals surface area (Å²) in [6, 6.07) is 11.8. The van der Waals surface area contributed by atoms with Gasteiger partial charge in [-0.05, 0) is 42.0 Å². The van der Waals surface area contributed by atoms with Crippen molar-refractivity contribution in [2.45, 2.75) is 6.42 Å². The van der Waals surface area contributed by atoms with Gasteiger partial charge in [-0.1, -0.05) is 12.1 Å². The lowest BCUT2D eigenvalue weighted by atomic mass is 10.2. The zero-order valence-electron chi connectivity index (χ0n) is 13.8. The van der Waals surface area contributed by atoms with Crippen LogP contribution in [0.2, 0.25) is 0 Å². The summed E-state index contributed by atoms with van der Waals surface area (Å²) in [6.07, 6.45) is 3.74. The quantitative estimate of drug-likeness (QED) is 0.678. The van der Waals surface area contributed by atoms with Crippen LogP contribution in [0.4, 0.5) is 4.39 Å². The highest BCUT2D eigenvalue weighted by Gasteiger charge is 2.04. The Labute approximate surface area is 144 Å². The van der Waals surface area contributed by atoms with Crippen LogP contribution in [0, 0.1) is 5.82 Å². The first kappa shape index (κ1) is 16.7. The molecule has 0 fully saturated rings. The van der Waals surface area contributed by atoms with Gasteiger partial charge in [-0.2, -0.15) is 0 Å². The topological polar surface area (TPSA) is 67.0 Å². The van der Waals surface area contributed by atoms with Gasteiger partial charge in [0.1, 0.15) is 17.4 Å². The molecule has 1 heterocycles. The Morgan fingerprint density at radius 2 is 2.20 bits per heavy atom. The smallest absolute Gasteiger partial charge is 0.244 e. The number of nitrogens with one attached hydrogen (secondary N) is 2. The van der Waals surface area contributed by atoms with E-state index in [4.69, 9.17) is 4.74 Å². The van der Waals surface area contributed by atoms with Gasteiger partial charge >= 0.3 is 0 Å². The van der Waals surface area contributed by atoms with E-state index in [1.165, 1.54) is 18.2 Å². The number of rotatable bonds is 6. The number of carbonyl (C=O) groups is 1. The molecule has 3 aromatic rings. The highest BCUT2D eigenvalue weighted by Crippen LogP contribution is 2.14. The number of halogens is 1. The Bertz CT molecular complexity index is 918. The second kappa shape index (κ2) is 7.61. The number of fused-ring (bicyclic) bond motifs is 1. The predicted molar refractivity (Wildman–Crippen MR) is 94.8 cm³/mol. The maximum absolute atomic E-state index is 13.2. The minimum Gasteiger partial charge on any atom is -0.497 e. The van der Waals surface area contributed by atoms with Crippen LogP contribution in [0.5, 0.6) is 5.75 Å². The molecule has 5 nitrogen and oxygen atoms in total. The third kappa shape index (κ3) is 4.44. The Morgan fingerprint density at radius 1 is 1.32 bits per heavy atom. The Balaban J connectivity index is 1.52. The minimum absolute atomic E-state index is 0.190. The number of carbonyl (C=O) groups excluding carboxylic acids is 1. The third-order valence-electron chi connectivity index (χ3n) is 3.67. The van der Waals surface area contributed by atoms with E-state index in [-0.39, 0.29) is 11.7 Å². The molecule has 0 aliphatic carbocycles. The Morgan fingerprint density at radius 3 is 3.04 bits per heavy atom. The molecule has 0 bridgehead atoms. The summed E-state index contributed by atoms with van der Waals surface area (Å²) in [6.45, 7) is 0.434. The van der Waals surface area contributed by atoms with Crippen molar-refractivity contribution in [3.05, 3.63) is 65.7 Å². The maximum Gasteiger partial charge on any atom is 0.244 e. The van der Waals surface area contributed by atoms with Crippen LogP contribution in [0.1, 0.15) is 11.4 Å². The van der Waals surface area contributed by atoms with Gasteiger partial charge in [0.2, 0.25) is 5.91 Å². The molecule has 0 saturated carbocycles. The van der Waals surface area contributed by atoms with Crippen LogP contribution >= 0.6 is 0 Å². The summed E-state index contributed by atoms with van der Waals surface area (Å²) >= 11 is 0. The summed E-state index contributed by atoms with van der Waals surface area (Å²) < 4.78 is 18.3. The highest BCUT2D eigenvalue weighted by atomic mass is 19.1. The number of ether oxygens (including phenoxy) is 1. The van der Waals surface area contributed by atoms with Crippen molar-refractivity contribution in [1.29, 1.82) is 0 Å². The number of hydrogen-bond donors (Lipinski definition) is 2. The summed E-state index contributed by atoms with van der Waals surface area (Å²) in [7, 11) is 1.60. The van der Waals surface area contributed by atoms with Crippen LogP contribution in [-0.4, -0.2) is 29.5 Å². The van der Waals surface area contributed by atoms with E-state index < -0.39 is 0 Å². The number of nitrogens with zero attached hydrogens (tertiary/aromatic N) is 1. The van der Waals surface area contributed by atoms with Crippen molar-refractivity contribution in [3.8, 4) is 5.75 Å². The van der Waals surface area contributed by atoms with Gasteiger partial charge in [0.15, 0.2) is 0 Å².